The maximum atomic E-state index is 10.6. The SMILES string of the molecule is CC=O.NC(=O)c1ccccc1N. The van der Waals surface area contributed by atoms with Crippen LogP contribution in [0.5, 0.6) is 0 Å². The topological polar surface area (TPSA) is 86.2 Å². The second kappa shape index (κ2) is 5.77. The molecule has 4 heteroatoms. The molecule has 0 radical (unpaired) electrons. The first kappa shape index (κ1) is 11.2. The Morgan fingerprint density at radius 2 is 1.85 bits per heavy atom. The molecule has 0 aliphatic heterocycles. The van der Waals surface area contributed by atoms with Gasteiger partial charge in [0.1, 0.15) is 6.29 Å². The lowest BCUT2D eigenvalue weighted by molar-refractivity contribution is -0.106. The minimum Gasteiger partial charge on any atom is -0.398 e. The van der Waals surface area contributed by atoms with Crippen molar-refractivity contribution in [2.24, 2.45) is 5.73 Å². The molecular weight excluding hydrogens is 168 g/mol. The molecule has 4 N–H and O–H groups in total. The molecule has 1 rings (SSSR count). The fraction of sp³-hybridized carbons (Fsp3) is 0.111. The predicted molar refractivity (Wildman–Crippen MR) is 51.1 cm³/mol. The van der Waals surface area contributed by atoms with E-state index in [1.54, 1.807) is 24.3 Å². The number of rotatable bonds is 1. The number of nitrogen functional groups attached to an aromatic ring is 1. The zero-order valence-corrected chi connectivity index (χ0v) is 7.36. The molecule has 0 unspecified atom stereocenters. The molecule has 0 saturated carbocycles. The van der Waals surface area contributed by atoms with Gasteiger partial charge in [-0.2, -0.15) is 0 Å². The molecule has 0 saturated heterocycles. The van der Waals surface area contributed by atoms with Crippen molar-refractivity contribution in [2.75, 3.05) is 5.73 Å². The first-order chi connectivity index (χ1) is 6.13. The summed E-state index contributed by atoms with van der Waals surface area (Å²) in [5, 5.41) is 0. The summed E-state index contributed by atoms with van der Waals surface area (Å²) in [7, 11) is 0. The van der Waals surface area contributed by atoms with E-state index >= 15 is 0 Å². The number of hydrogen-bond acceptors (Lipinski definition) is 3. The van der Waals surface area contributed by atoms with E-state index in [4.69, 9.17) is 16.3 Å². The highest BCUT2D eigenvalue weighted by Crippen LogP contribution is 2.08. The highest BCUT2D eigenvalue weighted by molar-refractivity contribution is 5.97. The Morgan fingerprint density at radius 1 is 1.38 bits per heavy atom. The summed E-state index contributed by atoms with van der Waals surface area (Å²) in [6, 6.07) is 6.70. The van der Waals surface area contributed by atoms with E-state index < -0.39 is 5.91 Å². The Hall–Kier alpha value is -1.84. The standard InChI is InChI=1S/C7H8N2O.C2H4O/c8-6-4-2-1-3-5(6)7(9)10;1-2-3/h1-4H,8H2,(H2,9,10);2H,1H3. The number of anilines is 1. The largest absolute Gasteiger partial charge is 0.398 e. The van der Waals surface area contributed by atoms with Crippen LogP contribution in [-0.4, -0.2) is 12.2 Å². The molecule has 1 aromatic rings. The summed E-state index contributed by atoms with van der Waals surface area (Å²) in [5.74, 6) is -0.488. The number of carbonyl (C=O) groups is 2. The molecule has 70 valence electrons. The third-order valence-electron chi connectivity index (χ3n) is 1.23. The van der Waals surface area contributed by atoms with Gasteiger partial charge < -0.3 is 16.3 Å². The van der Waals surface area contributed by atoms with Crippen LogP contribution in [0.25, 0.3) is 0 Å². The van der Waals surface area contributed by atoms with Crippen molar-refractivity contribution in [1.82, 2.24) is 0 Å². The lowest BCUT2D eigenvalue weighted by Crippen LogP contribution is -2.12. The number of para-hydroxylation sites is 1. The van der Waals surface area contributed by atoms with E-state index in [-0.39, 0.29) is 0 Å². The Balaban J connectivity index is 0.000000424. The Labute approximate surface area is 76.5 Å². The maximum Gasteiger partial charge on any atom is 0.250 e. The predicted octanol–water partition coefficient (Wildman–Crippen LogP) is 0.573. The smallest absolute Gasteiger partial charge is 0.250 e. The lowest BCUT2D eigenvalue weighted by Gasteiger charge is -1.97. The maximum absolute atomic E-state index is 10.6. The van der Waals surface area contributed by atoms with Gasteiger partial charge in [0, 0.05) is 5.69 Å². The number of primary amides is 1. The molecule has 0 bridgehead atoms. The molecule has 0 spiro atoms. The van der Waals surface area contributed by atoms with Crippen LogP contribution in [0.3, 0.4) is 0 Å². The average molecular weight is 180 g/mol. The van der Waals surface area contributed by atoms with Crippen molar-refractivity contribution in [2.45, 2.75) is 6.92 Å². The number of aldehydes is 1. The van der Waals surface area contributed by atoms with Gasteiger partial charge in [0.15, 0.2) is 0 Å². The second-order valence-electron chi connectivity index (χ2n) is 2.19. The number of hydrogen-bond donors (Lipinski definition) is 2. The van der Waals surface area contributed by atoms with Gasteiger partial charge in [-0.15, -0.1) is 0 Å². The number of nitrogens with two attached hydrogens (primary N) is 2. The summed E-state index contributed by atoms with van der Waals surface area (Å²) >= 11 is 0. The lowest BCUT2D eigenvalue weighted by atomic mass is 10.2. The zero-order valence-electron chi connectivity index (χ0n) is 7.36. The molecule has 0 atom stereocenters. The highest BCUT2D eigenvalue weighted by atomic mass is 16.1. The molecule has 0 aliphatic rings. The molecule has 1 amide bonds. The van der Waals surface area contributed by atoms with E-state index in [0.29, 0.717) is 11.3 Å². The molecule has 13 heavy (non-hydrogen) atoms. The Bertz CT molecular complexity index is 297. The van der Waals surface area contributed by atoms with Crippen molar-refractivity contribution < 1.29 is 9.59 Å². The third-order valence-corrected chi connectivity index (χ3v) is 1.23. The van der Waals surface area contributed by atoms with E-state index in [0.717, 1.165) is 6.29 Å². The van der Waals surface area contributed by atoms with Crippen LogP contribution in [0.4, 0.5) is 5.69 Å². The highest BCUT2D eigenvalue weighted by Gasteiger charge is 2.01. The van der Waals surface area contributed by atoms with E-state index in [1.807, 2.05) is 0 Å². The van der Waals surface area contributed by atoms with Gasteiger partial charge in [-0.05, 0) is 19.1 Å². The van der Waals surface area contributed by atoms with Crippen molar-refractivity contribution in [3.8, 4) is 0 Å². The van der Waals surface area contributed by atoms with Crippen molar-refractivity contribution in [3.63, 3.8) is 0 Å². The number of carbonyl (C=O) groups excluding carboxylic acids is 2. The number of amides is 1. The third kappa shape index (κ3) is 3.91. The van der Waals surface area contributed by atoms with Crippen LogP contribution < -0.4 is 11.5 Å². The van der Waals surface area contributed by atoms with E-state index in [2.05, 4.69) is 0 Å². The average Bonchev–Trinajstić information content (AvgIpc) is 2.06. The molecule has 0 heterocycles. The summed E-state index contributed by atoms with van der Waals surface area (Å²) in [5.41, 5.74) is 11.2. The van der Waals surface area contributed by atoms with Crippen LogP contribution in [-0.2, 0) is 4.79 Å². The van der Waals surface area contributed by atoms with Gasteiger partial charge in [-0.1, -0.05) is 12.1 Å². The molecule has 0 aromatic heterocycles. The summed E-state index contributed by atoms with van der Waals surface area (Å²) in [6.07, 6.45) is 0.750. The number of benzene rings is 1. The fourth-order valence-electron chi connectivity index (χ4n) is 0.721. The summed E-state index contributed by atoms with van der Waals surface area (Å²) in [6.45, 7) is 1.44. The Morgan fingerprint density at radius 3 is 2.15 bits per heavy atom. The van der Waals surface area contributed by atoms with Crippen LogP contribution in [0.1, 0.15) is 17.3 Å². The van der Waals surface area contributed by atoms with Crippen molar-refractivity contribution >= 4 is 17.9 Å². The molecule has 0 fully saturated rings. The molecule has 0 aliphatic carbocycles. The monoisotopic (exact) mass is 180 g/mol. The minimum atomic E-state index is -0.488. The molecule has 1 aromatic carbocycles. The quantitative estimate of drug-likeness (QED) is 0.489. The summed E-state index contributed by atoms with van der Waals surface area (Å²) in [4.78, 5) is 19.4. The van der Waals surface area contributed by atoms with E-state index in [9.17, 15) is 4.79 Å². The zero-order chi connectivity index (χ0) is 10.3. The fourth-order valence-corrected chi connectivity index (χ4v) is 0.721. The first-order valence-corrected chi connectivity index (χ1v) is 3.67. The van der Waals surface area contributed by atoms with Crippen LogP contribution in [0, 0.1) is 0 Å². The Kier molecular flexibility index (Phi) is 4.95. The van der Waals surface area contributed by atoms with E-state index in [1.165, 1.54) is 6.92 Å². The van der Waals surface area contributed by atoms with Gasteiger partial charge in [-0.25, -0.2) is 0 Å². The first-order valence-electron chi connectivity index (χ1n) is 3.67. The van der Waals surface area contributed by atoms with Crippen molar-refractivity contribution in [3.05, 3.63) is 29.8 Å². The van der Waals surface area contributed by atoms with Gasteiger partial charge in [-0.3, -0.25) is 4.79 Å². The molecule has 4 nitrogen and oxygen atoms in total. The van der Waals surface area contributed by atoms with Crippen LogP contribution >= 0.6 is 0 Å². The summed E-state index contributed by atoms with van der Waals surface area (Å²) < 4.78 is 0. The minimum absolute atomic E-state index is 0.377. The van der Waals surface area contributed by atoms with Gasteiger partial charge in [0.05, 0.1) is 5.56 Å². The van der Waals surface area contributed by atoms with Crippen molar-refractivity contribution in [1.29, 1.82) is 0 Å². The van der Waals surface area contributed by atoms with Crippen LogP contribution in [0.2, 0.25) is 0 Å². The normalized spacial score (nSPS) is 8.08. The van der Waals surface area contributed by atoms with Gasteiger partial charge in [0.2, 0.25) is 0 Å². The second-order valence-corrected chi connectivity index (χ2v) is 2.19. The van der Waals surface area contributed by atoms with Gasteiger partial charge in [0.25, 0.3) is 5.91 Å². The van der Waals surface area contributed by atoms with Gasteiger partial charge >= 0.3 is 0 Å². The van der Waals surface area contributed by atoms with Crippen LogP contribution in [0.15, 0.2) is 24.3 Å². The molecular formula is C9H12N2O2.